The lowest BCUT2D eigenvalue weighted by Gasteiger charge is -2.20. The second kappa shape index (κ2) is 6.87. The maximum Gasteiger partial charge on any atom is 0.221 e. The molecule has 0 radical (unpaired) electrons. The van der Waals surface area contributed by atoms with E-state index in [1.165, 1.54) is 12.1 Å². The van der Waals surface area contributed by atoms with Gasteiger partial charge in [-0.25, -0.2) is 4.39 Å². The van der Waals surface area contributed by atoms with Crippen molar-refractivity contribution < 1.29 is 9.18 Å². The monoisotopic (exact) mass is 286 g/mol. The van der Waals surface area contributed by atoms with E-state index in [2.05, 4.69) is 10.6 Å². The van der Waals surface area contributed by atoms with Crippen LogP contribution >= 0.6 is 11.6 Å². The van der Waals surface area contributed by atoms with Gasteiger partial charge in [0.1, 0.15) is 5.82 Å². The van der Waals surface area contributed by atoms with Gasteiger partial charge < -0.3 is 10.6 Å². The maximum absolute atomic E-state index is 12.8. The zero-order valence-corrected chi connectivity index (χ0v) is 12.3. The van der Waals surface area contributed by atoms with Crippen LogP contribution in [0, 0.1) is 5.82 Å². The molecule has 1 aromatic rings. The Morgan fingerprint density at radius 1 is 1.37 bits per heavy atom. The average Bonchev–Trinajstić information content (AvgIpc) is 2.24. The fraction of sp³-hybridized carbons (Fsp3) is 0.500. The molecule has 0 aromatic heterocycles. The number of carbonyl (C=O) groups is 1. The molecule has 0 spiro atoms. The quantitative estimate of drug-likeness (QED) is 0.817. The summed E-state index contributed by atoms with van der Waals surface area (Å²) >= 11 is 5.90. The summed E-state index contributed by atoms with van der Waals surface area (Å²) in [7, 11) is 0. The largest absolute Gasteiger partial charge is 0.351 e. The zero-order valence-electron chi connectivity index (χ0n) is 11.5. The van der Waals surface area contributed by atoms with Gasteiger partial charge in [-0.15, -0.1) is 0 Å². The summed E-state index contributed by atoms with van der Waals surface area (Å²) in [5, 5.41) is 6.39. The fourth-order valence-corrected chi connectivity index (χ4v) is 1.80. The molecule has 0 aliphatic rings. The predicted octanol–water partition coefficient (Wildman–Crippen LogP) is 2.87. The van der Waals surface area contributed by atoms with Crippen LogP contribution in [-0.4, -0.2) is 18.0 Å². The third-order valence-electron chi connectivity index (χ3n) is 2.37. The maximum atomic E-state index is 12.8. The Kier molecular flexibility index (Phi) is 5.76. The normalized spacial score (nSPS) is 11.4. The fourth-order valence-electron chi connectivity index (χ4n) is 1.57. The number of hydrogen-bond donors (Lipinski definition) is 2. The molecule has 3 nitrogen and oxygen atoms in total. The molecule has 0 saturated heterocycles. The molecule has 1 amide bonds. The van der Waals surface area contributed by atoms with Crippen molar-refractivity contribution in [1.29, 1.82) is 0 Å². The molecular weight excluding hydrogens is 267 g/mol. The first-order chi connectivity index (χ1) is 8.78. The van der Waals surface area contributed by atoms with E-state index < -0.39 is 0 Å². The first-order valence-electron chi connectivity index (χ1n) is 6.23. The summed E-state index contributed by atoms with van der Waals surface area (Å²) < 4.78 is 12.8. The Morgan fingerprint density at radius 2 is 2.05 bits per heavy atom. The van der Waals surface area contributed by atoms with Crippen LogP contribution in [0.15, 0.2) is 18.2 Å². The summed E-state index contributed by atoms with van der Waals surface area (Å²) in [6.07, 6.45) is 0.399. The summed E-state index contributed by atoms with van der Waals surface area (Å²) in [4.78, 5) is 11.6. The highest BCUT2D eigenvalue weighted by atomic mass is 35.5. The van der Waals surface area contributed by atoms with Gasteiger partial charge in [-0.3, -0.25) is 4.79 Å². The highest BCUT2D eigenvalue weighted by Crippen LogP contribution is 2.16. The SMILES string of the molecule is CC(C)(C)NC(=O)CCNCc1ccc(F)cc1Cl. The minimum absolute atomic E-state index is 0.00482. The van der Waals surface area contributed by atoms with Crippen LogP contribution in [0.3, 0.4) is 0 Å². The number of amides is 1. The van der Waals surface area contributed by atoms with E-state index in [1.807, 2.05) is 20.8 Å². The number of nitrogens with one attached hydrogen (secondary N) is 2. The van der Waals surface area contributed by atoms with E-state index in [9.17, 15) is 9.18 Å². The summed E-state index contributed by atoms with van der Waals surface area (Å²) in [5.41, 5.74) is 0.608. The van der Waals surface area contributed by atoms with Gasteiger partial charge in [0, 0.05) is 30.1 Å². The van der Waals surface area contributed by atoms with Gasteiger partial charge >= 0.3 is 0 Å². The Bertz CT molecular complexity index is 444. The van der Waals surface area contributed by atoms with Crippen molar-refractivity contribution >= 4 is 17.5 Å². The molecule has 0 heterocycles. The van der Waals surface area contributed by atoms with Gasteiger partial charge in [-0.05, 0) is 38.5 Å². The minimum Gasteiger partial charge on any atom is -0.351 e. The molecule has 1 rings (SSSR count). The molecule has 0 bridgehead atoms. The second-order valence-electron chi connectivity index (χ2n) is 5.46. The molecule has 1 aromatic carbocycles. The number of rotatable bonds is 5. The summed E-state index contributed by atoms with van der Waals surface area (Å²) in [6.45, 7) is 6.89. The minimum atomic E-state index is -0.349. The van der Waals surface area contributed by atoms with Crippen LogP contribution in [0.4, 0.5) is 4.39 Å². The highest BCUT2D eigenvalue weighted by Gasteiger charge is 2.12. The molecule has 0 saturated carbocycles. The molecule has 106 valence electrons. The van der Waals surface area contributed by atoms with E-state index in [4.69, 9.17) is 11.6 Å². The van der Waals surface area contributed by atoms with E-state index in [0.29, 0.717) is 24.5 Å². The van der Waals surface area contributed by atoms with Crippen molar-refractivity contribution in [3.8, 4) is 0 Å². The lowest BCUT2D eigenvalue weighted by molar-refractivity contribution is -0.122. The van der Waals surface area contributed by atoms with Crippen molar-refractivity contribution in [1.82, 2.24) is 10.6 Å². The van der Waals surface area contributed by atoms with Crippen molar-refractivity contribution in [3.63, 3.8) is 0 Å². The Hall–Kier alpha value is -1.13. The van der Waals surface area contributed by atoms with Crippen LogP contribution in [0.1, 0.15) is 32.8 Å². The van der Waals surface area contributed by atoms with Crippen molar-refractivity contribution in [3.05, 3.63) is 34.6 Å². The standard InChI is InChI=1S/C14H20ClFN2O/c1-14(2,3)18-13(19)6-7-17-9-10-4-5-11(16)8-12(10)15/h4-5,8,17H,6-7,9H2,1-3H3,(H,18,19). The number of carbonyl (C=O) groups excluding carboxylic acids is 1. The number of hydrogen-bond acceptors (Lipinski definition) is 2. The Balaban J connectivity index is 2.29. The van der Waals surface area contributed by atoms with Gasteiger partial charge in [-0.2, -0.15) is 0 Å². The topological polar surface area (TPSA) is 41.1 Å². The van der Waals surface area contributed by atoms with Crippen LogP contribution < -0.4 is 10.6 Å². The number of benzene rings is 1. The van der Waals surface area contributed by atoms with Crippen LogP contribution in [0.2, 0.25) is 5.02 Å². The molecule has 0 fully saturated rings. The van der Waals surface area contributed by atoms with Crippen LogP contribution in [0.25, 0.3) is 0 Å². The highest BCUT2D eigenvalue weighted by molar-refractivity contribution is 6.31. The first-order valence-corrected chi connectivity index (χ1v) is 6.61. The third-order valence-corrected chi connectivity index (χ3v) is 2.73. The molecule has 19 heavy (non-hydrogen) atoms. The first kappa shape index (κ1) is 15.9. The smallest absolute Gasteiger partial charge is 0.221 e. The van der Waals surface area contributed by atoms with Gasteiger partial charge in [0.2, 0.25) is 5.91 Å². The molecular formula is C14H20ClFN2O. The van der Waals surface area contributed by atoms with Gasteiger partial charge in [-0.1, -0.05) is 17.7 Å². The van der Waals surface area contributed by atoms with Crippen molar-refractivity contribution in [2.24, 2.45) is 0 Å². The van der Waals surface area contributed by atoms with Gasteiger partial charge in [0.05, 0.1) is 0 Å². The zero-order chi connectivity index (χ0) is 14.5. The second-order valence-corrected chi connectivity index (χ2v) is 5.87. The molecule has 2 N–H and O–H groups in total. The molecule has 5 heteroatoms. The summed E-state index contributed by atoms with van der Waals surface area (Å²) in [6, 6.07) is 4.29. The Morgan fingerprint density at radius 3 is 2.63 bits per heavy atom. The third kappa shape index (κ3) is 6.55. The van der Waals surface area contributed by atoms with E-state index >= 15 is 0 Å². The molecule has 0 unspecified atom stereocenters. The lowest BCUT2D eigenvalue weighted by atomic mass is 10.1. The Labute approximate surface area is 118 Å². The predicted molar refractivity (Wildman–Crippen MR) is 75.6 cm³/mol. The van der Waals surface area contributed by atoms with Crippen molar-refractivity contribution in [2.75, 3.05) is 6.54 Å². The van der Waals surface area contributed by atoms with Crippen molar-refractivity contribution in [2.45, 2.75) is 39.3 Å². The number of halogens is 2. The molecule has 0 aliphatic heterocycles. The van der Waals surface area contributed by atoms with Gasteiger partial charge in [0.25, 0.3) is 0 Å². The molecule has 0 aliphatic carbocycles. The van der Waals surface area contributed by atoms with E-state index in [0.717, 1.165) is 5.56 Å². The van der Waals surface area contributed by atoms with Crippen LogP contribution in [-0.2, 0) is 11.3 Å². The van der Waals surface area contributed by atoms with E-state index in [-0.39, 0.29) is 17.3 Å². The van der Waals surface area contributed by atoms with Gasteiger partial charge in [0.15, 0.2) is 0 Å². The lowest BCUT2D eigenvalue weighted by Crippen LogP contribution is -2.41. The average molecular weight is 287 g/mol. The molecule has 0 atom stereocenters. The van der Waals surface area contributed by atoms with E-state index in [1.54, 1.807) is 6.07 Å². The van der Waals surface area contributed by atoms with Crippen LogP contribution in [0.5, 0.6) is 0 Å². The summed E-state index contributed by atoms with van der Waals surface area (Å²) in [5.74, 6) is -0.344.